The molecule has 0 N–H and O–H groups in total. The van der Waals surface area contributed by atoms with Gasteiger partial charge in [0, 0.05) is 37.3 Å². The van der Waals surface area contributed by atoms with Crippen LogP contribution >= 0.6 is 0 Å². The van der Waals surface area contributed by atoms with E-state index in [0.29, 0.717) is 18.6 Å². The minimum atomic E-state index is -0.300. The Labute approximate surface area is 142 Å². The van der Waals surface area contributed by atoms with Gasteiger partial charge >= 0.3 is 0 Å². The van der Waals surface area contributed by atoms with Crippen LogP contribution in [-0.4, -0.2) is 60.8 Å². The maximum Gasteiger partial charge on any atom is 0.222 e. The number of hydrogen-bond donors (Lipinski definition) is 0. The van der Waals surface area contributed by atoms with Gasteiger partial charge in [-0.15, -0.1) is 0 Å². The number of carbonyl (C=O) groups is 2. The second kappa shape index (κ2) is 8.27. The molecular weight excluding hydrogens is 288 g/mol. The van der Waals surface area contributed by atoms with E-state index in [0.717, 1.165) is 49.8 Å². The van der Waals surface area contributed by atoms with Gasteiger partial charge in [-0.3, -0.25) is 9.59 Å². The Bertz CT molecular complexity index is 420. The molecule has 0 saturated carbocycles. The standard InChI is InChI=1S/C19H37N2O2/c1-7-19(4,15-16(3)20-13-9-12-18(20)23)17(22)11-10-14-21(5,6)8-2/h16H,7-15H2,1-6H3/q+1. The van der Waals surface area contributed by atoms with Crippen LogP contribution in [-0.2, 0) is 9.59 Å². The van der Waals surface area contributed by atoms with Crippen molar-refractivity contribution in [2.24, 2.45) is 5.41 Å². The van der Waals surface area contributed by atoms with E-state index in [-0.39, 0.29) is 17.4 Å². The molecule has 1 aliphatic rings. The largest absolute Gasteiger partial charge is 0.340 e. The first kappa shape index (κ1) is 20.1. The average molecular weight is 326 g/mol. The van der Waals surface area contributed by atoms with Gasteiger partial charge in [-0.1, -0.05) is 13.8 Å². The smallest absolute Gasteiger partial charge is 0.222 e. The molecule has 23 heavy (non-hydrogen) atoms. The highest BCUT2D eigenvalue weighted by molar-refractivity contribution is 5.84. The molecule has 0 aliphatic carbocycles. The molecule has 1 rings (SSSR count). The van der Waals surface area contributed by atoms with Gasteiger partial charge in [0.1, 0.15) is 5.78 Å². The van der Waals surface area contributed by atoms with Crippen molar-refractivity contribution < 1.29 is 14.1 Å². The van der Waals surface area contributed by atoms with E-state index in [1.54, 1.807) is 0 Å². The number of carbonyl (C=O) groups excluding carboxylic acids is 2. The Morgan fingerprint density at radius 2 is 2.00 bits per heavy atom. The lowest BCUT2D eigenvalue weighted by Gasteiger charge is -2.34. The van der Waals surface area contributed by atoms with Crippen molar-refractivity contribution >= 4 is 11.7 Å². The number of ketones is 1. The summed E-state index contributed by atoms with van der Waals surface area (Å²) >= 11 is 0. The first-order valence-electron chi connectivity index (χ1n) is 9.30. The van der Waals surface area contributed by atoms with Gasteiger partial charge in [-0.05, 0) is 33.1 Å². The number of amides is 1. The summed E-state index contributed by atoms with van der Waals surface area (Å²) in [7, 11) is 4.43. The molecule has 0 aromatic rings. The van der Waals surface area contributed by atoms with Crippen LogP contribution in [0.25, 0.3) is 0 Å². The summed E-state index contributed by atoms with van der Waals surface area (Å²) in [6.45, 7) is 11.5. The monoisotopic (exact) mass is 325 g/mol. The van der Waals surface area contributed by atoms with Crippen LogP contribution in [0.1, 0.15) is 66.2 Å². The molecule has 1 saturated heterocycles. The van der Waals surface area contributed by atoms with Crippen LogP contribution < -0.4 is 0 Å². The van der Waals surface area contributed by atoms with E-state index < -0.39 is 0 Å². The number of likely N-dealkylation sites (tertiary alicyclic amines) is 1. The van der Waals surface area contributed by atoms with Crippen LogP contribution in [0.4, 0.5) is 0 Å². The van der Waals surface area contributed by atoms with E-state index in [1.165, 1.54) is 0 Å². The van der Waals surface area contributed by atoms with Crippen LogP contribution in [0.3, 0.4) is 0 Å². The summed E-state index contributed by atoms with van der Waals surface area (Å²) in [5.74, 6) is 0.625. The second-order valence-corrected chi connectivity index (χ2v) is 8.16. The summed E-state index contributed by atoms with van der Waals surface area (Å²) in [6, 6.07) is 0.168. The topological polar surface area (TPSA) is 37.4 Å². The quantitative estimate of drug-likeness (QED) is 0.578. The molecule has 1 fully saturated rings. The maximum atomic E-state index is 12.8. The van der Waals surface area contributed by atoms with E-state index in [2.05, 4.69) is 41.8 Å². The predicted molar refractivity (Wildman–Crippen MR) is 95.2 cm³/mol. The highest BCUT2D eigenvalue weighted by Gasteiger charge is 2.36. The Hall–Kier alpha value is -0.900. The van der Waals surface area contributed by atoms with Crippen LogP contribution in [0, 0.1) is 5.41 Å². The number of hydrogen-bond acceptors (Lipinski definition) is 2. The van der Waals surface area contributed by atoms with Crippen molar-refractivity contribution in [2.45, 2.75) is 72.3 Å². The predicted octanol–water partition coefficient (Wildman–Crippen LogP) is 3.25. The zero-order valence-corrected chi connectivity index (χ0v) is 16.2. The first-order chi connectivity index (χ1) is 10.6. The third-order valence-electron chi connectivity index (χ3n) is 5.86. The van der Waals surface area contributed by atoms with Crippen LogP contribution in [0.15, 0.2) is 0 Å². The SMILES string of the molecule is CCC(C)(CC(C)N1CCCC1=O)C(=O)CCC[N+](C)(C)CC. The molecular formula is C19H37N2O2+. The van der Waals surface area contributed by atoms with E-state index in [9.17, 15) is 9.59 Å². The number of rotatable bonds is 10. The van der Waals surface area contributed by atoms with Crippen LogP contribution in [0.5, 0.6) is 0 Å². The van der Waals surface area contributed by atoms with Gasteiger partial charge in [0.05, 0.1) is 27.2 Å². The zero-order valence-electron chi connectivity index (χ0n) is 16.2. The Morgan fingerprint density at radius 3 is 2.48 bits per heavy atom. The Morgan fingerprint density at radius 1 is 1.35 bits per heavy atom. The molecule has 2 atom stereocenters. The highest BCUT2D eigenvalue weighted by Crippen LogP contribution is 2.33. The fourth-order valence-electron chi connectivity index (χ4n) is 3.48. The fraction of sp³-hybridized carbons (Fsp3) is 0.895. The van der Waals surface area contributed by atoms with Crippen molar-refractivity contribution in [1.29, 1.82) is 0 Å². The lowest BCUT2D eigenvalue weighted by Crippen LogP contribution is -2.42. The molecule has 1 amide bonds. The van der Waals surface area contributed by atoms with Gasteiger partial charge in [0.2, 0.25) is 5.91 Å². The normalized spacial score (nSPS) is 19.7. The van der Waals surface area contributed by atoms with Crippen molar-refractivity contribution in [2.75, 3.05) is 33.7 Å². The molecule has 0 aromatic carbocycles. The van der Waals surface area contributed by atoms with Crippen molar-refractivity contribution in [3.8, 4) is 0 Å². The highest BCUT2D eigenvalue weighted by atomic mass is 16.2. The van der Waals surface area contributed by atoms with Crippen molar-refractivity contribution in [3.63, 3.8) is 0 Å². The average Bonchev–Trinajstić information content (AvgIpc) is 2.93. The number of quaternary nitrogens is 1. The molecule has 134 valence electrons. The lowest BCUT2D eigenvalue weighted by atomic mass is 9.76. The minimum absolute atomic E-state index is 0.168. The Kier molecular flexibility index (Phi) is 7.25. The summed E-state index contributed by atoms with van der Waals surface area (Å²) < 4.78 is 0.967. The molecule has 0 bridgehead atoms. The second-order valence-electron chi connectivity index (χ2n) is 8.16. The lowest BCUT2D eigenvalue weighted by molar-refractivity contribution is -0.888. The summed E-state index contributed by atoms with van der Waals surface area (Å²) in [5, 5.41) is 0. The molecule has 0 radical (unpaired) electrons. The fourth-order valence-corrected chi connectivity index (χ4v) is 3.48. The summed E-state index contributed by atoms with van der Waals surface area (Å²) in [5.41, 5.74) is -0.300. The molecule has 1 heterocycles. The van der Waals surface area contributed by atoms with Gasteiger partial charge in [-0.25, -0.2) is 0 Å². The summed E-state index contributed by atoms with van der Waals surface area (Å²) in [6.07, 6.45) is 4.89. The van der Waals surface area contributed by atoms with Crippen molar-refractivity contribution in [1.82, 2.24) is 4.90 Å². The van der Waals surface area contributed by atoms with Gasteiger partial charge in [0.25, 0.3) is 0 Å². The van der Waals surface area contributed by atoms with Crippen LogP contribution in [0.2, 0.25) is 0 Å². The van der Waals surface area contributed by atoms with Gasteiger partial charge in [-0.2, -0.15) is 0 Å². The third kappa shape index (κ3) is 5.59. The molecule has 2 unspecified atom stereocenters. The first-order valence-corrected chi connectivity index (χ1v) is 9.30. The zero-order chi connectivity index (χ0) is 17.7. The molecule has 1 aliphatic heterocycles. The van der Waals surface area contributed by atoms with Gasteiger partial charge in [0.15, 0.2) is 0 Å². The van der Waals surface area contributed by atoms with Gasteiger partial charge < -0.3 is 9.38 Å². The van der Waals surface area contributed by atoms with E-state index in [4.69, 9.17) is 0 Å². The molecule has 0 spiro atoms. The number of nitrogens with zero attached hydrogens (tertiary/aromatic N) is 2. The number of Topliss-reactive ketones (excluding diaryl/α,β-unsaturated/α-hetero) is 1. The van der Waals surface area contributed by atoms with E-state index in [1.807, 2.05) is 4.90 Å². The third-order valence-corrected chi connectivity index (χ3v) is 5.86. The minimum Gasteiger partial charge on any atom is -0.340 e. The molecule has 4 heteroatoms. The Balaban J connectivity index is 2.57. The molecule has 0 aromatic heterocycles. The molecule has 4 nitrogen and oxygen atoms in total. The maximum absolute atomic E-state index is 12.8. The van der Waals surface area contributed by atoms with Crippen molar-refractivity contribution in [3.05, 3.63) is 0 Å². The summed E-state index contributed by atoms with van der Waals surface area (Å²) in [4.78, 5) is 26.7. The van der Waals surface area contributed by atoms with E-state index >= 15 is 0 Å².